The van der Waals surface area contributed by atoms with Crippen LogP contribution in [0.3, 0.4) is 0 Å². The minimum Gasteiger partial charge on any atom is -0.496 e. The quantitative estimate of drug-likeness (QED) is 0.874. The maximum absolute atomic E-state index is 5.58. The lowest BCUT2D eigenvalue weighted by molar-refractivity contribution is 0.132. The number of benzene rings is 1. The van der Waals surface area contributed by atoms with Crippen molar-refractivity contribution in [2.45, 2.75) is 39.3 Å². The van der Waals surface area contributed by atoms with E-state index in [9.17, 15) is 0 Å². The van der Waals surface area contributed by atoms with Crippen molar-refractivity contribution >= 4 is 0 Å². The van der Waals surface area contributed by atoms with Crippen molar-refractivity contribution in [3.8, 4) is 5.75 Å². The van der Waals surface area contributed by atoms with Crippen LogP contribution in [0.4, 0.5) is 0 Å². The lowest BCUT2D eigenvalue weighted by atomic mass is 9.78. The molecule has 1 aromatic rings. The Morgan fingerprint density at radius 3 is 2.78 bits per heavy atom. The summed E-state index contributed by atoms with van der Waals surface area (Å²) < 4.78 is 11.0. The van der Waals surface area contributed by atoms with Gasteiger partial charge in [0.1, 0.15) is 5.75 Å². The Hall–Kier alpha value is -1.10. The maximum Gasteiger partial charge on any atom is 0.124 e. The first-order chi connectivity index (χ1) is 11.2. The Labute approximate surface area is 140 Å². The SMILES string of the molecule is CCOCc1cc(CN2CCC3(CCNCC3)C2)ccc1OC. The van der Waals surface area contributed by atoms with Gasteiger partial charge in [-0.05, 0) is 68.9 Å². The first kappa shape index (κ1) is 16.7. The van der Waals surface area contributed by atoms with E-state index in [2.05, 4.69) is 28.4 Å². The van der Waals surface area contributed by atoms with E-state index in [1.165, 1.54) is 51.0 Å². The Balaban J connectivity index is 1.63. The molecule has 2 aliphatic heterocycles. The molecule has 4 heteroatoms. The van der Waals surface area contributed by atoms with Gasteiger partial charge in [-0.2, -0.15) is 0 Å². The van der Waals surface area contributed by atoms with E-state index in [0.717, 1.165) is 24.5 Å². The third-order valence-electron chi connectivity index (χ3n) is 5.39. The number of rotatable bonds is 6. The minimum atomic E-state index is 0.575. The highest BCUT2D eigenvalue weighted by Gasteiger charge is 2.38. The molecule has 0 bridgehead atoms. The highest BCUT2D eigenvalue weighted by atomic mass is 16.5. The van der Waals surface area contributed by atoms with Gasteiger partial charge in [-0.3, -0.25) is 4.90 Å². The Kier molecular flexibility index (Phi) is 5.57. The van der Waals surface area contributed by atoms with Crippen LogP contribution in [-0.2, 0) is 17.9 Å². The highest BCUT2D eigenvalue weighted by Crippen LogP contribution is 2.39. The molecule has 0 unspecified atom stereocenters. The Morgan fingerprint density at radius 1 is 1.22 bits per heavy atom. The van der Waals surface area contributed by atoms with Gasteiger partial charge in [-0.15, -0.1) is 0 Å². The van der Waals surface area contributed by atoms with Crippen LogP contribution in [0.25, 0.3) is 0 Å². The lowest BCUT2D eigenvalue weighted by Crippen LogP contribution is -2.38. The predicted octanol–water partition coefficient (Wildman–Crippen LogP) is 2.81. The monoisotopic (exact) mass is 318 g/mol. The summed E-state index contributed by atoms with van der Waals surface area (Å²) in [7, 11) is 1.73. The lowest BCUT2D eigenvalue weighted by Gasteiger charge is -2.34. The molecular formula is C19H30N2O2. The second-order valence-electron chi connectivity index (χ2n) is 6.99. The summed E-state index contributed by atoms with van der Waals surface area (Å²) in [5.74, 6) is 0.929. The average Bonchev–Trinajstić information content (AvgIpc) is 2.95. The third kappa shape index (κ3) is 4.06. The van der Waals surface area contributed by atoms with Crippen LogP contribution >= 0.6 is 0 Å². The molecular weight excluding hydrogens is 288 g/mol. The third-order valence-corrected chi connectivity index (χ3v) is 5.39. The van der Waals surface area contributed by atoms with Gasteiger partial charge < -0.3 is 14.8 Å². The summed E-state index contributed by atoms with van der Waals surface area (Å²) in [6, 6.07) is 6.53. The standard InChI is InChI=1S/C19H30N2O2/c1-3-23-14-17-12-16(4-5-18(17)22-2)13-21-11-8-19(15-21)6-9-20-10-7-19/h4-5,12,20H,3,6-11,13-15H2,1-2H3. The van der Waals surface area contributed by atoms with Crippen LogP contribution < -0.4 is 10.1 Å². The summed E-state index contributed by atoms with van der Waals surface area (Å²) in [5.41, 5.74) is 3.10. The Morgan fingerprint density at radius 2 is 2.04 bits per heavy atom. The van der Waals surface area contributed by atoms with E-state index >= 15 is 0 Å². The van der Waals surface area contributed by atoms with Crippen LogP contribution in [0.5, 0.6) is 5.75 Å². The predicted molar refractivity (Wildman–Crippen MR) is 92.8 cm³/mol. The highest BCUT2D eigenvalue weighted by molar-refractivity contribution is 5.37. The average molecular weight is 318 g/mol. The van der Waals surface area contributed by atoms with E-state index < -0.39 is 0 Å². The van der Waals surface area contributed by atoms with Crippen LogP contribution in [0.1, 0.15) is 37.3 Å². The van der Waals surface area contributed by atoms with E-state index in [1.54, 1.807) is 7.11 Å². The molecule has 3 rings (SSSR count). The van der Waals surface area contributed by atoms with Crippen molar-refractivity contribution < 1.29 is 9.47 Å². The molecule has 128 valence electrons. The maximum atomic E-state index is 5.58. The van der Waals surface area contributed by atoms with Crippen molar-refractivity contribution in [2.24, 2.45) is 5.41 Å². The zero-order valence-corrected chi connectivity index (χ0v) is 14.6. The normalized spacial score (nSPS) is 21.0. The van der Waals surface area contributed by atoms with E-state index in [1.807, 2.05) is 6.92 Å². The fourth-order valence-electron chi connectivity index (χ4n) is 4.04. The van der Waals surface area contributed by atoms with Crippen molar-refractivity contribution in [3.05, 3.63) is 29.3 Å². The number of hydrogen-bond donors (Lipinski definition) is 1. The second kappa shape index (κ2) is 7.65. The van der Waals surface area contributed by atoms with Crippen molar-refractivity contribution in [2.75, 3.05) is 39.9 Å². The molecule has 2 fully saturated rings. The molecule has 1 aromatic carbocycles. The van der Waals surface area contributed by atoms with Crippen LogP contribution in [0.15, 0.2) is 18.2 Å². The van der Waals surface area contributed by atoms with Crippen molar-refractivity contribution in [1.29, 1.82) is 0 Å². The van der Waals surface area contributed by atoms with Gasteiger partial charge in [0.15, 0.2) is 0 Å². The number of methoxy groups -OCH3 is 1. The molecule has 0 atom stereocenters. The number of likely N-dealkylation sites (tertiary alicyclic amines) is 1. The largest absolute Gasteiger partial charge is 0.496 e. The number of nitrogens with one attached hydrogen (secondary N) is 1. The first-order valence-electron chi connectivity index (χ1n) is 8.91. The second-order valence-corrected chi connectivity index (χ2v) is 6.99. The van der Waals surface area contributed by atoms with Crippen LogP contribution in [-0.4, -0.2) is 44.8 Å². The zero-order valence-electron chi connectivity index (χ0n) is 14.6. The number of piperidine rings is 1. The fraction of sp³-hybridized carbons (Fsp3) is 0.684. The fourth-order valence-corrected chi connectivity index (χ4v) is 4.04. The van der Waals surface area contributed by atoms with E-state index in [0.29, 0.717) is 12.0 Å². The van der Waals surface area contributed by atoms with Gasteiger partial charge in [-0.1, -0.05) is 6.07 Å². The van der Waals surface area contributed by atoms with Gasteiger partial charge >= 0.3 is 0 Å². The van der Waals surface area contributed by atoms with Crippen LogP contribution in [0.2, 0.25) is 0 Å². The number of nitrogens with zero attached hydrogens (tertiary/aromatic N) is 1. The molecule has 0 radical (unpaired) electrons. The summed E-state index contributed by atoms with van der Waals surface area (Å²) >= 11 is 0. The molecule has 23 heavy (non-hydrogen) atoms. The van der Waals surface area contributed by atoms with E-state index in [4.69, 9.17) is 9.47 Å². The molecule has 0 aliphatic carbocycles. The van der Waals surface area contributed by atoms with Crippen LogP contribution in [0, 0.1) is 5.41 Å². The smallest absolute Gasteiger partial charge is 0.124 e. The van der Waals surface area contributed by atoms with Crippen molar-refractivity contribution in [3.63, 3.8) is 0 Å². The molecule has 1 spiro atoms. The zero-order chi connectivity index (χ0) is 16.1. The topological polar surface area (TPSA) is 33.7 Å². The molecule has 2 saturated heterocycles. The summed E-state index contributed by atoms with van der Waals surface area (Å²) in [4.78, 5) is 2.62. The van der Waals surface area contributed by atoms with Gasteiger partial charge in [0, 0.05) is 25.3 Å². The molecule has 0 saturated carbocycles. The first-order valence-corrected chi connectivity index (χ1v) is 8.91. The summed E-state index contributed by atoms with van der Waals surface area (Å²) in [6.45, 7) is 9.29. The van der Waals surface area contributed by atoms with Gasteiger partial charge in [0.25, 0.3) is 0 Å². The minimum absolute atomic E-state index is 0.575. The summed E-state index contributed by atoms with van der Waals surface area (Å²) in [6.07, 6.45) is 4.03. The number of hydrogen-bond acceptors (Lipinski definition) is 4. The number of ether oxygens (including phenoxy) is 2. The van der Waals surface area contributed by atoms with Gasteiger partial charge in [0.2, 0.25) is 0 Å². The molecule has 1 N–H and O–H groups in total. The Bertz CT molecular complexity index is 512. The van der Waals surface area contributed by atoms with E-state index in [-0.39, 0.29) is 0 Å². The van der Waals surface area contributed by atoms with Gasteiger partial charge in [0.05, 0.1) is 13.7 Å². The van der Waals surface area contributed by atoms with Crippen molar-refractivity contribution in [1.82, 2.24) is 10.2 Å². The summed E-state index contributed by atoms with van der Waals surface area (Å²) in [5, 5.41) is 3.49. The molecule has 4 nitrogen and oxygen atoms in total. The van der Waals surface area contributed by atoms with Gasteiger partial charge in [-0.25, -0.2) is 0 Å². The molecule has 2 heterocycles. The molecule has 0 aromatic heterocycles. The molecule has 2 aliphatic rings. The molecule has 0 amide bonds.